The van der Waals surface area contributed by atoms with Gasteiger partial charge in [-0.2, -0.15) is 0 Å². The molecule has 1 aromatic carbocycles. The minimum Gasteiger partial charge on any atom is -0.313 e. The molecule has 80 valence electrons. The van der Waals surface area contributed by atoms with Gasteiger partial charge in [-0.1, -0.05) is 49.4 Å². The maximum absolute atomic E-state index is 3.46. The van der Waals surface area contributed by atoms with Crippen molar-refractivity contribution in [3.8, 4) is 0 Å². The fraction of sp³-hybridized carbons (Fsp3) is 0.429. The molecule has 0 spiro atoms. The second kappa shape index (κ2) is 5.13. The summed E-state index contributed by atoms with van der Waals surface area (Å²) in [4.78, 5) is 0. The summed E-state index contributed by atoms with van der Waals surface area (Å²) in [5.74, 6) is 1.89. The molecule has 1 aromatic rings. The number of nitrogens with one attached hydrogen (secondary N) is 1. The highest BCUT2D eigenvalue weighted by atomic mass is 14.9. The molecular weight excluding hydrogens is 182 g/mol. The molecule has 1 aliphatic carbocycles. The van der Waals surface area contributed by atoms with Gasteiger partial charge in [0.25, 0.3) is 0 Å². The first-order valence-corrected chi connectivity index (χ1v) is 5.78. The van der Waals surface area contributed by atoms with Crippen LogP contribution >= 0.6 is 0 Å². The molecule has 1 aliphatic rings. The first kappa shape index (κ1) is 10.4. The van der Waals surface area contributed by atoms with E-state index in [1.165, 1.54) is 18.5 Å². The molecule has 0 saturated heterocycles. The van der Waals surface area contributed by atoms with Gasteiger partial charge in [0.05, 0.1) is 0 Å². The molecule has 2 atom stereocenters. The Morgan fingerprint density at radius 2 is 2.07 bits per heavy atom. The molecular formula is C14H19N. The van der Waals surface area contributed by atoms with Gasteiger partial charge < -0.3 is 5.32 Å². The van der Waals surface area contributed by atoms with E-state index >= 15 is 0 Å². The van der Waals surface area contributed by atoms with Crippen molar-refractivity contribution in [2.24, 2.45) is 11.8 Å². The van der Waals surface area contributed by atoms with Gasteiger partial charge in [-0.3, -0.25) is 0 Å². The van der Waals surface area contributed by atoms with E-state index in [2.05, 4.69) is 48.7 Å². The maximum Gasteiger partial charge on any atom is 0.0138 e. The van der Waals surface area contributed by atoms with E-state index in [1.54, 1.807) is 0 Å². The molecule has 2 rings (SSSR count). The molecule has 1 nitrogen and oxygen atoms in total. The van der Waals surface area contributed by atoms with Crippen LogP contribution < -0.4 is 5.32 Å². The van der Waals surface area contributed by atoms with E-state index in [-0.39, 0.29) is 0 Å². The average Bonchev–Trinajstić information content (AvgIpc) is 2.96. The number of benzene rings is 1. The van der Waals surface area contributed by atoms with Crippen LogP contribution in [-0.2, 0) is 0 Å². The molecule has 1 fully saturated rings. The van der Waals surface area contributed by atoms with Gasteiger partial charge >= 0.3 is 0 Å². The minimum atomic E-state index is 0.940. The summed E-state index contributed by atoms with van der Waals surface area (Å²) < 4.78 is 0. The van der Waals surface area contributed by atoms with E-state index < -0.39 is 0 Å². The average molecular weight is 201 g/mol. The first-order valence-electron chi connectivity index (χ1n) is 5.78. The van der Waals surface area contributed by atoms with Crippen LogP contribution in [0.4, 0.5) is 0 Å². The topological polar surface area (TPSA) is 12.0 Å². The normalized spacial score (nSPS) is 24.6. The Morgan fingerprint density at radius 1 is 1.33 bits per heavy atom. The second-order valence-electron chi connectivity index (χ2n) is 4.44. The molecule has 0 heterocycles. The van der Waals surface area contributed by atoms with Crippen LogP contribution in [0.2, 0.25) is 0 Å². The van der Waals surface area contributed by atoms with Gasteiger partial charge in [-0.05, 0) is 30.4 Å². The van der Waals surface area contributed by atoms with Gasteiger partial charge in [0, 0.05) is 6.54 Å². The summed E-state index contributed by atoms with van der Waals surface area (Å²) in [6.45, 7) is 4.49. The highest BCUT2D eigenvalue weighted by Gasteiger charge is 2.31. The van der Waals surface area contributed by atoms with Gasteiger partial charge in [0.1, 0.15) is 0 Å². The Hall–Kier alpha value is -1.08. The SMILES string of the molecule is CC1CC1CNC/C=C/c1ccccc1. The minimum absolute atomic E-state index is 0.940. The van der Waals surface area contributed by atoms with Crippen molar-refractivity contribution in [3.05, 3.63) is 42.0 Å². The lowest BCUT2D eigenvalue weighted by atomic mass is 10.2. The summed E-state index contributed by atoms with van der Waals surface area (Å²) in [7, 11) is 0. The van der Waals surface area contributed by atoms with Gasteiger partial charge in [0.15, 0.2) is 0 Å². The number of hydrogen-bond acceptors (Lipinski definition) is 1. The summed E-state index contributed by atoms with van der Waals surface area (Å²) in [6, 6.07) is 10.4. The quantitative estimate of drug-likeness (QED) is 0.722. The fourth-order valence-electron chi connectivity index (χ4n) is 1.79. The van der Waals surface area contributed by atoms with Crippen molar-refractivity contribution >= 4 is 6.08 Å². The van der Waals surface area contributed by atoms with E-state index in [4.69, 9.17) is 0 Å². The highest BCUT2D eigenvalue weighted by molar-refractivity contribution is 5.48. The van der Waals surface area contributed by atoms with Crippen molar-refractivity contribution in [2.45, 2.75) is 13.3 Å². The van der Waals surface area contributed by atoms with Gasteiger partial charge in [-0.15, -0.1) is 0 Å². The molecule has 1 heteroatoms. The highest BCUT2D eigenvalue weighted by Crippen LogP contribution is 2.36. The maximum atomic E-state index is 3.46. The molecule has 0 radical (unpaired) electrons. The van der Waals surface area contributed by atoms with Crippen LogP contribution in [0, 0.1) is 11.8 Å². The zero-order valence-electron chi connectivity index (χ0n) is 9.32. The van der Waals surface area contributed by atoms with Crippen LogP contribution in [0.5, 0.6) is 0 Å². The third-order valence-electron chi connectivity index (χ3n) is 3.05. The molecule has 15 heavy (non-hydrogen) atoms. The Bertz CT molecular complexity index is 315. The summed E-state index contributed by atoms with van der Waals surface area (Å²) >= 11 is 0. The van der Waals surface area contributed by atoms with Crippen LogP contribution in [0.1, 0.15) is 18.9 Å². The predicted octanol–water partition coefficient (Wildman–Crippen LogP) is 2.95. The molecule has 0 bridgehead atoms. The van der Waals surface area contributed by atoms with Crippen molar-refractivity contribution in [1.29, 1.82) is 0 Å². The van der Waals surface area contributed by atoms with Crippen LogP contribution in [0.3, 0.4) is 0 Å². The molecule has 1 saturated carbocycles. The Labute approximate surface area is 92.2 Å². The molecule has 0 amide bonds. The fourth-order valence-corrected chi connectivity index (χ4v) is 1.79. The Morgan fingerprint density at radius 3 is 2.73 bits per heavy atom. The lowest BCUT2D eigenvalue weighted by molar-refractivity contribution is 0.647. The van der Waals surface area contributed by atoms with Crippen molar-refractivity contribution in [1.82, 2.24) is 5.32 Å². The lowest BCUT2D eigenvalue weighted by Crippen LogP contribution is -2.16. The molecule has 1 N–H and O–H groups in total. The van der Waals surface area contributed by atoms with Gasteiger partial charge in [0.2, 0.25) is 0 Å². The van der Waals surface area contributed by atoms with Crippen LogP contribution in [-0.4, -0.2) is 13.1 Å². The Kier molecular flexibility index (Phi) is 3.57. The smallest absolute Gasteiger partial charge is 0.0138 e. The lowest BCUT2D eigenvalue weighted by Gasteiger charge is -1.98. The van der Waals surface area contributed by atoms with Crippen LogP contribution in [0.15, 0.2) is 36.4 Å². The van der Waals surface area contributed by atoms with Crippen LogP contribution in [0.25, 0.3) is 6.08 Å². The number of hydrogen-bond donors (Lipinski definition) is 1. The first-order chi connectivity index (χ1) is 7.36. The molecule has 0 aromatic heterocycles. The second-order valence-corrected chi connectivity index (χ2v) is 4.44. The zero-order valence-corrected chi connectivity index (χ0v) is 9.32. The Balaban J connectivity index is 1.63. The zero-order chi connectivity index (χ0) is 10.5. The number of rotatable bonds is 5. The van der Waals surface area contributed by atoms with Gasteiger partial charge in [-0.25, -0.2) is 0 Å². The van der Waals surface area contributed by atoms with Crippen molar-refractivity contribution in [3.63, 3.8) is 0 Å². The third-order valence-corrected chi connectivity index (χ3v) is 3.05. The summed E-state index contributed by atoms with van der Waals surface area (Å²) in [6.07, 6.45) is 5.78. The monoisotopic (exact) mass is 201 g/mol. The summed E-state index contributed by atoms with van der Waals surface area (Å²) in [5, 5.41) is 3.46. The third kappa shape index (κ3) is 3.52. The van der Waals surface area contributed by atoms with E-state index in [0.717, 1.165) is 18.4 Å². The standard InChI is InChI=1S/C14H19N/c1-12-10-14(12)11-15-9-5-8-13-6-3-2-4-7-13/h2-8,12,14-15H,9-11H2,1H3/b8-5+. The van der Waals surface area contributed by atoms with Crippen molar-refractivity contribution in [2.75, 3.05) is 13.1 Å². The summed E-state index contributed by atoms with van der Waals surface area (Å²) in [5.41, 5.74) is 1.28. The van der Waals surface area contributed by atoms with E-state index in [0.29, 0.717) is 0 Å². The molecule has 0 aliphatic heterocycles. The largest absolute Gasteiger partial charge is 0.313 e. The van der Waals surface area contributed by atoms with E-state index in [9.17, 15) is 0 Å². The predicted molar refractivity (Wildman–Crippen MR) is 65.6 cm³/mol. The van der Waals surface area contributed by atoms with Crippen molar-refractivity contribution < 1.29 is 0 Å². The molecule has 2 unspecified atom stereocenters. The van der Waals surface area contributed by atoms with E-state index in [1.807, 2.05) is 6.07 Å².